The predicted octanol–water partition coefficient (Wildman–Crippen LogP) is 5.01. The lowest BCUT2D eigenvalue weighted by molar-refractivity contribution is -0.153. The van der Waals surface area contributed by atoms with Crippen molar-refractivity contribution in [3.8, 4) is 5.75 Å². The molecule has 1 N–H and O–H groups in total. The van der Waals surface area contributed by atoms with Crippen LogP contribution in [0, 0.1) is 5.41 Å². The monoisotopic (exact) mass is 301 g/mol. The Hall–Kier alpha value is -1.39. The summed E-state index contributed by atoms with van der Waals surface area (Å²) in [5, 5.41) is 3.44. The van der Waals surface area contributed by atoms with Crippen molar-refractivity contribution in [2.24, 2.45) is 5.41 Å². The number of ether oxygens (including phenoxy) is 1. The number of nitrogens with one attached hydrogen (secondary N) is 1. The maximum atomic E-state index is 12.1. The highest BCUT2D eigenvalue weighted by molar-refractivity contribution is 5.47. The number of hydrogen-bond donors (Lipinski definition) is 1. The van der Waals surface area contributed by atoms with E-state index in [-0.39, 0.29) is 5.75 Å². The van der Waals surface area contributed by atoms with Crippen LogP contribution in [0.15, 0.2) is 24.3 Å². The van der Waals surface area contributed by atoms with Crippen molar-refractivity contribution in [2.75, 3.05) is 11.9 Å². The topological polar surface area (TPSA) is 21.3 Å². The van der Waals surface area contributed by atoms with Gasteiger partial charge in [0.05, 0.1) is 0 Å². The lowest BCUT2D eigenvalue weighted by Crippen LogP contribution is -2.29. The van der Waals surface area contributed by atoms with Gasteiger partial charge in [-0.3, -0.25) is 0 Å². The molecule has 21 heavy (non-hydrogen) atoms. The summed E-state index contributed by atoms with van der Waals surface area (Å²) in [6.45, 7) is 3.32. The largest absolute Gasteiger partial charge is 0.484 e. The lowest BCUT2D eigenvalue weighted by Gasteiger charge is -2.35. The molecule has 1 saturated carbocycles. The smallest absolute Gasteiger partial charge is 0.422 e. The fourth-order valence-electron chi connectivity index (χ4n) is 2.59. The fourth-order valence-corrected chi connectivity index (χ4v) is 2.59. The molecule has 1 aromatic rings. The van der Waals surface area contributed by atoms with Gasteiger partial charge >= 0.3 is 6.18 Å². The van der Waals surface area contributed by atoms with Crippen LogP contribution >= 0.6 is 0 Å². The van der Waals surface area contributed by atoms with E-state index < -0.39 is 12.8 Å². The Labute approximate surface area is 123 Å². The molecule has 118 valence electrons. The van der Waals surface area contributed by atoms with Gasteiger partial charge in [-0.2, -0.15) is 13.2 Å². The summed E-state index contributed by atoms with van der Waals surface area (Å²) in [5.41, 5.74) is 1.35. The minimum Gasteiger partial charge on any atom is -0.484 e. The zero-order valence-electron chi connectivity index (χ0n) is 12.5. The van der Waals surface area contributed by atoms with Crippen LogP contribution in [-0.2, 0) is 0 Å². The second-order valence-electron chi connectivity index (χ2n) is 6.51. The van der Waals surface area contributed by atoms with Crippen molar-refractivity contribution in [3.05, 3.63) is 24.3 Å². The van der Waals surface area contributed by atoms with Crippen LogP contribution in [0.5, 0.6) is 5.75 Å². The van der Waals surface area contributed by atoms with Crippen molar-refractivity contribution in [1.29, 1.82) is 0 Å². The predicted molar refractivity (Wildman–Crippen MR) is 77.7 cm³/mol. The Morgan fingerprint density at radius 1 is 1.14 bits per heavy atom. The first-order chi connectivity index (χ1) is 9.73. The number of benzene rings is 1. The number of hydrogen-bond acceptors (Lipinski definition) is 2. The van der Waals surface area contributed by atoms with E-state index in [1.807, 2.05) is 0 Å². The first-order valence-corrected chi connectivity index (χ1v) is 7.30. The molecule has 1 aliphatic carbocycles. The second kappa shape index (κ2) is 6.16. The third-order valence-corrected chi connectivity index (χ3v) is 3.97. The number of halogens is 3. The van der Waals surface area contributed by atoms with E-state index in [9.17, 15) is 13.2 Å². The van der Waals surface area contributed by atoms with Crippen molar-refractivity contribution in [3.63, 3.8) is 0 Å². The highest BCUT2D eigenvalue weighted by Gasteiger charge is 2.28. The third-order valence-electron chi connectivity index (χ3n) is 3.97. The zero-order chi connectivity index (χ0) is 15.5. The van der Waals surface area contributed by atoms with Gasteiger partial charge in [0, 0.05) is 11.7 Å². The Morgan fingerprint density at radius 2 is 1.71 bits per heavy atom. The van der Waals surface area contributed by atoms with E-state index in [1.165, 1.54) is 12.8 Å². The molecule has 0 saturated heterocycles. The van der Waals surface area contributed by atoms with Gasteiger partial charge in [0.15, 0.2) is 6.61 Å². The zero-order valence-corrected chi connectivity index (χ0v) is 12.5. The van der Waals surface area contributed by atoms with Crippen LogP contribution in [0.25, 0.3) is 0 Å². The van der Waals surface area contributed by atoms with E-state index in [4.69, 9.17) is 0 Å². The van der Waals surface area contributed by atoms with Gasteiger partial charge in [-0.05, 0) is 55.4 Å². The van der Waals surface area contributed by atoms with Crippen LogP contribution < -0.4 is 10.1 Å². The van der Waals surface area contributed by atoms with Crippen LogP contribution in [0.1, 0.15) is 39.5 Å². The van der Waals surface area contributed by atoms with Gasteiger partial charge in [-0.15, -0.1) is 0 Å². The molecular formula is C16H22F3NO. The first kappa shape index (κ1) is 16.0. The summed E-state index contributed by atoms with van der Waals surface area (Å²) in [5.74, 6) is 0.239. The van der Waals surface area contributed by atoms with Crippen molar-refractivity contribution in [1.82, 2.24) is 0 Å². The maximum absolute atomic E-state index is 12.1. The Balaban J connectivity index is 1.83. The van der Waals surface area contributed by atoms with Crippen LogP contribution in [0.2, 0.25) is 0 Å². The summed E-state index contributed by atoms with van der Waals surface area (Å²) in [4.78, 5) is 0. The molecule has 0 unspecified atom stereocenters. The van der Waals surface area contributed by atoms with Gasteiger partial charge in [0.25, 0.3) is 0 Å². The summed E-state index contributed by atoms with van der Waals surface area (Å²) in [6, 6.07) is 7.12. The summed E-state index contributed by atoms with van der Waals surface area (Å²) in [7, 11) is 0. The minimum atomic E-state index is -4.30. The Kier molecular flexibility index (Phi) is 4.69. The average molecular weight is 301 g/mol. The second-order valence-corrected chi connectivity index (χ2v) is 6.51. The number of alkyl halides is 3. The molecule has 0 aliphatic heterocycles. The minimum absolute atomic E-state index is 0.239. The molecular weight excluding hydrogens is 279 g/mol. The quantitative estimate of drug-likeness (QED) is 0.844. The number of anilines is 1. The SMILES string of the molecule is CC1(C)CCC(Nc2ccc(OCC(F)(F)F)cc2)CC1. The molecule has 0 atom stereocenters. The lowest BCUT2D eigenvalue weighted by atomic mass is 9.75. The van der Waals surface area contributed by atoms with Gasteiger partial charge in [0.1, 0.15) is 5.75 Å². The van der Waals surface area contributed by atoms with Gasteiger partial charge in [0.2, 0.25) is 0 Å². The summed E-state index contributed by atoms with van der Waals surface area (Å²) in [6.07, 6.45) is 0.333. The molecule has 0 spiro atoms. The van der Waals surface area contributed by atoms with Gasteiger partial charge in [-0.1, -0.05) is 13.8 Å². The average Bonchev–Trinajstić information content (AvgIpc) is 2.40. The van der Waals surface area contributed by atoms with Crippen molar-refractivity contribution < 1.29 is 17.9 Å². The summed E-state index contributed by atoms with van der Waals surface area (Å²) < 4.78 is 40.9. The number of rotatable bonds is 4. The van der Waals surface area contributed by atoms with Crippen LogP contribution in [0.3, 0.4) is 0 Å². The molecule has 0 radical (unpaired) electrons. The maximum Gasteiger partial charge on any atom is 0.422 e. The molecule has 0 amide bonds. The van der Waals surface area contributed by atoms with E-state index in [0.717, 1.165) is 18.5 Å². The summed E-state index contributed by atoms with van der Waals surface area (Å²) >= 11 is 0. The van der Waals surface area contributed by atoms with Crippen LogP contribution in [-0.4, -0.2) is 18.8 Å². The third kappa shape index (κ3) is 5.48. The molecule has 5 heteroatoms. The molecule has 1 aliphatic rings. The highest BCUT2D eigenvalue weighted by Crippen LogP contribution is 2.36. The molecule has 1 fully saturated rings. The van der Waals surface area contributed by atoms with E-state index in [2.05, 4.69) is 23.9 Å². The molecule has 0 bridgehead atoms. The molecule has 0 heterocycles. The van der Waals surface area contributed by atoms with Crippen LogP contribution in [0.4, 0.5) is 18.9 Å². The van der Waals surface area contributed by atoms with E-state index in [0.29, 0.717) is 11.5 Å². The van der Waals surface area contributed by atoms with E-state index >= 15 is 0 Å². The molecule has 2 rings (SSSR count). The normalized spacial score (nSPS) is 19.3. The molecule has 2 nitrogen and oxygen atoms in total. The standard InChI is InChI=1S/C16H22F3NO/c1-15(2)9-7-13(8-10-15)20-12-3-5-14(6-4-12)21-11-16(17,18)19/h3-6,13,20H,7-11H2,1-2H3. The fraction of sp³-hybridized carbons (Fsp3) is 0.625. The van der Waals surface area contributed by atoms with Gasteiger partial charge in [-0.25, -0.2) is 0 Å². The Bertz CT molecular complexity index is 444. The molecule has 0 aromatic heterocycles. The van der Waals surface area contributed by atoms with Crippen molar-refractivity contribution in [2.45, 2.75) is 51.7 Å². The highest BCUT2D eigenvalue weighted by atomic mass is 19.4. The first-order valence-electron chi connectivity index (χ1n) is 7.30. The van der Waals surface area contributed by atoms with Gasteiger partial charge < -0.3 is 10.1 Å². The Morgan fingerprint density at radius 3 is 2.24 bits per heavy atom. The van der Waals surface area contributed by atoms with Crippen molar-refractivity contribution >= 4 is 5.69 Å². The van der Waals surface area contributed by atoms with E-state index in [1.54, 1.807) is 24.3 Å². The molecule has 1 aromatic carbocycles.